The smallest absolute Gasteiger partial charge is 0.0564 e. The molecule has 0 unspecified atom stereocenters. The lowest BCUT2D eigenvalue weighted by Crippen LogP contribution is -2.30. The quantitative estimate of drug-likeness (QED) is 0.794. The van der Waals surface area contributed by atoms with Crippen LogP contribution in [0.2, 0.25) is 0 Å². The van der Waals surface area contributed by atoms with Gasteiger partial charge in [-0.1, -0.05) is 6.92 Å². The largest absolute Gasteiger partial charge is 0.399 e. The van der Waals surface area contributed by atoms with E-state index in [1.165, 1.54) is 0 Å². The maximum Gasteiger partial charge on any atom is 0.0564 e. The van der Waals surface area contributed by atoms with E-state index in [1.54, 1.807) is 6.20 Å². The lowest BCUT2D eigenvalue weighted by Gasteiger charge is -2.24. The lowest BCUT2D eigenvalue weighted by atomic mass is 10.2. The van der Waals surface area contributed by atoms with Crippen molar-refractivity contribution in [3.8, 4) is 0 Å². The molecule has 0 atom stereocenters. The first-order chi connectivity index (χ1) is 6.63. The topological polar surface area (TPSA) is 42.1 Å². The molecule has 0 aliphatic heterocycles. The Labute approximate surface area is 85.9 Å². The minimum atomic E-state index is 0.545. The summed E-state index contributed by atoms with van der Waals surface area (Å²) < 4.78 is 0. The van der Waals surface area contributed by atoms with Gasteiger partial charge in [-0.05, 0) is 32.5 Å². The van der Waals surface area contributed by atoms with Crippen LogP contribution in [0.25, 0.3) is 0 Å². The molecule has 14 heavy (non-hydrogen) atoms. The van der Waals surface area contributed by atoms with Crippen LogP contribution in [0.1, 0.15) is 26.5 Å². The molecular weight excluding hydrogens is 174 g/mol. The molecule has 1 aromatic heterocycles. The van der Waals surface area contributed by atoms with Gasteiger partial charge in [-0.25, -0.2) is 0 Å². The SMILES string of the molecule is CCN(Cc1cc(N)ccn1)C(C)C. The van der Waals surface area contributed by atoms with Crippen LogP contribution in [0.4, 0.5) is 5.69 Å². The van der Waals surface area contributed by atoms with Gasteiger partial charge in [0.15, 0.2) is 0 Å². The molecule has 2 N–H and O–H groups in total. The number of aromatic nitrogens is 1. The highest BCUT2D eigenvalue weighted by atomic mass is 15.1. The van der Waals surface area contributed by atoms with E-state index in [1.807, 2.05) is 12.1 Å². The molecule has 3 nitrogen and oxygen atoms in total. The van der Waals surface area contributed by atoms with Gasteiger partial charge in [-0.3, -0.25) is 9.88 Å². The summed E-state index contributed by atoms with van der Waals surface area (Å²) in [6.07, 6.45) is 1.76. The van der Waals surface area contributed by atoms with Gasteiger partial charge in [-0.2, -0.15) is 0 Å². The molecule has 0 spiro atoms. The Morgan fingerprint density at radius 3 is 2.71 bits per heavy atom. The summed E-state index contributed by atoms with van der Waals surface area (Å²) in [7, 11) is 0. The normalized spacial score (nSPS) is 11.2. The maximum atomic E-state index is 5.69. The first-order valence-electron chi connectivity index (χ1n) is 5.08. The van der Waals surface area contributed by atoms with E-state index < -0.39 is 0 Å². The molecule has 78 valence electrons. The predicted molar refractivity (Wildman–Crippen MR) is 59.9 cm³/mol. The van der Waals surface area contributed by atoms with Crippen molar-refractivity contribution in [1.29, 1.82) is 0 Å². The van der Waals surface area contributed by atoms with Crippen LogP contribution in [-0.2, 0) is 6.54 Å². The van der Waals surface area contributed by atoms with E-state index in [2.05, 4.69) is 30.7 Å². The fraction of sp³-hybridized carbons (Fsp3) is 0.545. The van der Waals surface area contributed by atoms with Gasteiger partial charge in [-0.15, -0.1) is 0 Å². The molecule has 1 rings (SSSR count). The molecular formula is C11H19N3. The maximum absolute atomic E-state index is 5.69. The van der Waals surface area contributed by atoms with Crippen LogP contribution >= 0.6 is 0 Å². The van der Waals surface area contributed by atoms with Crippen molar-refractivity contribution >= 4 is 5.69 Å². The van der Waals surface area contributed by atoms with Crippen molar-refractivity contribution in [2.45, 2.75) is 33.4 Å². The van der Waals surface area contributed by atoms with Gasteiger partial charge < -0.3 is 5.73 Å². The molecule has 0 radical (unpaired) electrons. The van der Waals surface area contributed by atoms with Crippen molar-refractivity contribution < 1.29 is 0 Å². The van der Waals surface area contributed by atoms with Crippen molar-refractivity contribution in [3.05, 3.63) is 24.0 Å². The molecule has 0 amide bonds. The van der Waals surface area contributed by atoms with E-state index in [-0.39, 0.29) is 0 Å². The van der Waals surface area contributed by atoms with Crippen LogP contribution in [-0.4, -0.2) is 22.5 Å². The average molecular weight is 193 g/mol. The minimum absolute atomic E-state index is 0.545. The fourth-order valence-electron chi connectivity index (χ4n) is 1.45. The Morgan fingerprint density at radius 1 is 1.50 bits per heavy atom. The zero-order chi connectivity index (χ0) is 10.6. The molecule has 0 aliphatic rings. The Balaban J connectivity index is 2.67. The van der Waals surface area contributed by atoms with Crippen LogP contribution < -0.4 is 5.73 Å². The van der Waals surface area contributed by atoms with E-state index in [0.717, 1.165) is 24.5 Å². The van der Waals surface area contributed by atoms with E-state index in [0.29, 0.717) is 6.04 Å². The van der Waals surface area contributed by atoms with E-state index in [4.69, 9.17) is 5.73 Å². The molecule has 0 aliphatic carbocycles. The highest BCUT2D eigenvalue weighted by Gasteiger charge is 2.08. The number of hydrogen-bond acceptors (Lipinski definition) is 3. The van der Waals surface area contributed by atoms with Crippen LogP contribution in [0.5, 0.6) is 0 Å². The number of rotatable bonds is 4. The highest BCUT2D eigenvalue weighted by Crippen LogP contribution is 2.08. The van der Waals surface area contributed by atoms with Crippen LogP contribution in [0.15, 0.2) is 18.3 Å². The van der Waals surface area contributed by atoms with E-state index in [9.17, 15) is 0 Å². The van der Waals surface area contributed by atoms with Gasteiger partial charge in [0, 0.05) is 24.5 Å². The summed E-state index contributed by atoms with van der Waals surface area (Å²) in [5, 5.41) is 0. The Kier molecular flexibility index (Phi) is 3.89. The van der Waals surface area contributed by atoms with Gasteiger partial charge in [0.1, 0.15) is 0 Å². The molecule has 1 heterocycles. The molecule has 0 saturated heterocycles. The molecule has 0 saturated carbocycles. The Bertz CT molecular complexity index is 284. The Hall–Kier alpha value is -1.09. The third-order valence-electron chi connectivity index (χ3n) is 2.34. The second kappa shape index (κ2) is 4.96. The monoisotopic (exact) mass is 193 g/mol. The van der Waals surface area contributed by atoms with Gasteiger partial charge in [0.05, 0.1) is 5.69 Å². The second-order valence-electron chi connectivity index (χ2n) is 3.74. The summed E-state index contributed by atoms with van der Waals surface area (Å²) in [5.74, 6) is 0. The number of nitrogens with two attached hydrogens (primary N) is 1. The first kappa shape index (κ1) is 11.0. The van der Waals surface area contributed by atoms with Crippen molar-refractivity contribution in [2.24, 2.45) is 0 Å². The van der Waals surface area contributed by atoms with Gasteiger partial charge in [0.2, 0.25) is 0 Å². The van der Waals surface area contributed by atoms with Gasteiger partial charge >= 0.3 is 0 Å². The third kappa shape index (κ3) is 3.00. The molecule has 0 fully saturated rings. The summed E-state index contributed by atoms with van der Waals surface area (Å²) in [5.41, 5.74) is 7.52. The van der Waals surface area contributed by atoms with Crippen LogP contribution in [0, 0.1) is 0 Å². The number of nitrogen functional groups attached to an aromatic ring is 1. The fourth-order valence-corrected chi connectivity index (χ4v) is 1.45. The number of anilines is 1. The third-order valence-corrected chi connectivity index (χ3v) is 2.34. The zero-order valence-corrected chi connectivity index (χ0v) is 9.20. The minimum Gasteiger partial charge on any atom is -0.399 e. The highest BCUT2D eigenvalue weighted by molar-refractivity contribution is 5.37. The van der Waals surface area contributed by atoms with Crippen molar-refractivity contribution in [1.82, 2.24) is 9.88 Å². The molecule has 1 aromatic rings. The number of pyridine rings is 1. The molecule has 0 bridgehead atoms. The number of hydrogen-bond donors (Lipinski definition) is 1. The second-order valence-corrected chi connectivity index (χ2v) is 3.74. The summed E-state index contributed by atoms with van der Waals surface area (Å²) in [4.78, 5) is 6.64. The van der Waals surface area contributed by atoms with Crippen molar-refractivity contribution in [3.63, 3.8) is 0 Å². The zero-order valence-electron chi connectivity index (χ0n) is 9.20. The molecule has 0 aromatic carbocycles. The van der Waals surface area contributed by atoms with Crippen LogP contribution in [0.3, 0.4) is 0 Å². The summed E-state index contributed by atoms with van der Waals surface area (Å²) in [6, 6.07) is 4.29. The van der Waals surface area contributed by atoms with Crippen molar-refractivity contribution in [2.75, 3.05) is 12.3 Å². The molecule has 3 heteroatoms. The number of nitrogens with zero attached hydrogens (tertiary/aromatic N) is 2. The lowest BCUT2D eigenvalue weighted by molar-refractivity contribution is 0.222. The standard InChI is InChI=1S/C11H19N3/c1-4-14(9(2)3)8-11-7-10(12)5-6-13-11/h5-7,9H,4,8H2,1-3H3,(H2,12,13). The first-order valence-corrected chi connectivity index (χ1v) is 5.08. The van der Waals surface area contributed by atoms with Gasteiger partial charge in [0.25, 0.3) is 0 Å². The Morgan fingerprint density at radius 2 is 2.21 bits per heavy atom. The predicted octanol–water partition coefficient (Wildman–Crippen LogP) is 1.89. The van der Waals surface area contributed by atoms with E-state index >= 15 is 0 Å². The summed E-state index contributed by atoms with van der Waals surface area (Å²) in [6.45, 7) is 8.45. The summed E-state index contributed by atoms with van der Waals surface area (Å²) >= 11 is 0. The average Bonchev–Trinajstić information content (AvgIpc) is 2.14.